The number of hydrogen-bond donors (Lipinski definition) is 2. The second kappa shape index (κ2) is 8.98. The van der Waals surface area contributed by atoms with Gasteiger partial charge in [0.2, 0.25) is 0 Å². The average molecular weight is 459 g/mol. The second-order valence-electron chi connectivity index (χ2n) is 8.58. The van der Waals surface area contributed by atoms with Crippen molar-refractivity contribution >= 4 is 32.8 Å². The van der Waals surface area contributed by atoms with Crippen LogP contribution in [0, 0.1) is 11.8 Å². The number of nitrogen functional groups attached to an aromatic ring is 1. The highest BCUT2D eigenvalue weighted by molar-refractivity contribution is 9.10. The third kappa shape index (κ3) is 4.57. The molecule has 0 radical (unpaired) electrons. The van der Waals surface area contributed by atoms with Gasteiger partial charge in [-0.25, -0.2) is 9.97 Å². The second-order valence-corrected chi connectivity index (χ2v) is 9.43. The maximum absolute atomic E-state index is 6.05. The zero-order chi connectivity index (χ0) is 20.4. The van der Waals surface area contributed by atoms with Crippen LogP contribution in [0.3, 0.4) is 0 Å². The van der Waals surface area contributed by atoms with Crippen molar-refractivity contribution in [3.8, 4) is 0 Å². The van der Waals surface area contributed by atoms with E-state index in [1.54, 1.807) is 6.33 Å². The lowest BCUT2D eigenvalue weighted by Gasteiger charge is -2.41. The summed E-state index contributed by atoms with van der Waals surface area (Å²) < 4.78 is 3.29. The molecule has 7 heteroatoms. The number of aromatic nitrogens is 3. The van der Waals surface area contributed by atoms with E-state index in [-0.39, 0.29) is 0 Å². The summed E-state index contributed by atoms with van der Waals surface area (Å²) in [5.41, 5.74) is 8.11. The van der Waals surface area contributed by atoms with E-state index in [4.69, 9.17) is 5.73 Å². The summed E-state index contributed by atoms with van der Waals surface area (Å²) in [4.78, 5) is 11.2. The van der Waals surface area contributed by atoms with Gasteiger partial charge in [0.1, 0.15) is 17.8 Å². The number of halogens is 1. The number of nitrogens with zero attached hydrogens (tertiary/aromatic N) is 4. The molecule has 3 heterocycles. The Bertz CT molecular complexity index is 885. The third-order valence-corrected chi connectivity index (χ3v) is 6.99. The van der Waals surface area contributed by atoms with Gasteiger partial charge >= 0.3 is 0 Å². The number of anilines is 1. The Morgan fingerprint density at radius 3 is 2.93 bits per heavy atom. The van der Waals surface area contributed by atoms with E-state index in [2.05, 4.69) is 60.0 Å². The molecule has 4 rings (SSSR count). The Hall–Kier alpha value is -1.70. The fourth-order valence-electron chi connectivity index (χ4n) is 4.78. The number of rotatable bonds is 9. The standard InChI is InChI=1S/C22H31BrN6/c1-3-15(2)6-7-25-9-17-11-28(12-17)10-16-4-5-18(8-16)29-13-19(23)20-21(24)26-14-27-22(20)29/h3,13-14,16-18,25H,1-2,4-12H2,(H2,24,26,27). The zero-order valence-electron chi connectivity index (χ0n) is 17.0. The fraction of sp³-hybridized carbons (Fsp3) is 0.545. The van der Waals surface area contributed by atoms with Gasteiger partial charge in [-0.3, -0.25) is 0 Å². The van der Waals surface area contributed by atoms with E-state index in [1.165, 1.54) is 38.9 Å². The molecule has 1 aliphatic heterocycles. The lowest BCUT2D eigenvalue weighted by Crippen LogP contribution is -2.52. The smallest absolute Gasteiger partial charge is 0.146 e. The number of allylic oxidation sites excluding steroid dienone is 1. The summed E-state index contributed by atoms with van der Waals surface area (Å²) in [6, 6.07) is 0.500. The van der Waals surface area contributed by atoms with Crippen LogP contribution in [0.5, 0.6) is 0 Å². The summed E-state index contributed by atoms with van der Waals surface area (Å²) in [6.45, 7) is 13.5. The van der Waals surface area contributed by atoms with Crippen molar-refractivity contribution in [2.45, 2.75) is 31.7 Å². The molecule has 0 amide bonds. The van der Waals surface area contributed by atoms with Crippen molar-refractivity contribution in [1.82, 2.24) is 24.8 Å². The molecule has 3 N–H and O–H groups in total. The van der Waals surface area contributed by atoms with Crippen LogP contribution in [-0.2, 0) is 0 Å². The first kappa shape index (κ1) is 20.6. The van der Waals surface area contributed by atoms with E-state index in [9.17, 15) is 0 Å². The molecule has 156 valence electrons. The summed E-state index contributed by atoms with van der Waals surface area (Å²) in [6.07, 6.45) is 10.2. The molecule has 2 atom stereocenters. The molecule has 0 bridgehead atoms. The van der Waals surface area contributed by atoms with Crippen LogP contribution in [0.4, 0.5) is 5.82 Å². The minimum Gasteiger partial charge on any atom is -0.383 e. The lowest BCUT2D eigenvalue weighted by atomic mass is 9.97. The fourth-order valence-corrected chi connectivity index (χ4v) is 5.39. The van der Waals surface area contributed by atoms with Crippen molar-refractivity contribution in [3.05, 3.63) is 41.8 Å². The molecule has 6 nitrogen and oxygen atoms in total. The maximum atomic E-state index is 6.05. The maximum Gasteiger partial charge on any atom is 0.146 e. The lowest BCUT2D eigenvalue weighted by molar-refractivity contribution is 0.0814. The number of fused-ring (bicyclic) bond motifs is 1. The highest BCUT2D eigenvalue weighted by atomic mass is 79.9. The van der Waals surface area contributed by atoms with Gasteiger partial charge in [0, 0.05) is 42.9 Å². The topological polar surface area (TPSA) is 72.0 Å². The van der Waals surface area contributed by atoms with Crippen molar-refractivity contribution in [2.24, 2.45) is 11.8 Å². The Balaban J connectivity index is 1.22. The number of likely N-dealkylation sites (tertiary alicyclic amines) is 1. The molecule has 1 saturated heterocycles. The minimum atomic E-state index is 0.500. The third-order valence-electron chi connectivity index (χ3n) is 6.39. The molecule has 2 fully saturated rings. The van der Waals surface area contributed by atoms with E-state index in [0.717, 1.165) is 52.4 Å². The molecule has 2 aromatic rings. The number of hydrogen-bond acceptors (Lipinski definition) is 5. The van der Waals surface area contributed by atoms with Crippen molar-refractivity contribution in [1.29, 1.82) is 0 Å². The number of nitrogens with one attached hydrogen (secondary N) is 1. The van der Waals surface area contributed by atoms with Crippen molar-refractivity contribution < 1.29 is 0 Å². The van der Waals surface area contributed by atoms with Gasteiger partial charge in [-0.15, -0.1) is 0 Å². The molecule has 2 aromatic heterocycles. The van der Waals surface area contributed by atoms with Gasteiger partial charge in [-0.1, -0.05) is 24.8 Å². The first-order valence-electron chi connectivity index (χ1n) is 10.5. The molecular weight excluding hydrogens is 428 g/mol. The molecule has 1 aliphatic carbocycles. The molecule has 0 aromatic carbocycles. The monoisotopic (exact) mass is 458 g/mol. The van der Waals surface area contributed by atoms with Crippen LogP contribution in [-0.4, -0.2) is 52.2 Å². The highest BCUT2D eigenvalue weighted by Gasteiger charge is 2.33. The summed E-state index contributed by atoms with van der Waals surface area (Å²) in [5, 5.41) is 4.49. The van der Waals surface area contributed by atoms with Gasteiger partial charge in [0.25, 0.3) is 0 Å². The quantitative estimate of drug-likeness (QED) is 0.441. The van der Waals surface area contributed by atoms with E-state index in [1.807, 2.05) is 6.08 Å². The SMILES string of the molecule is C=CC(=C)CCNCC1CN(CC2CCC(n3cc(Br)c4c(N)ncnc43)C2)C1. The van der Waals surface area contributed by atoms with E-state index < -0.39 is 0 Å². The first-order valence-corrected chi connectivity index (χ1v) is 11.3. The van der Waals surface area contributed by atoms with Gasteiger partial charge < -0.3 is 20.5 Å². The minimum absolute atomic E-state index is 0.500. The van der Waals surface area contributed by atoms with E-state index >= 15 is 0 Å². The molecule has 2 aliphatic rings. The summed E-state index contributed by atoms with van der Waals surface area (Å²) >= 11 is 3.63. The molecule has 0 spiro atoms. The van der Waals surface area contributed by atoms with Crippen LogP contribution in [0.2, 0.25) is 0 Å². The predicted molar refractivity (Wildman–Crippen MR) is 123 cm³/mol. The average Bonchev–Trinajstić information content (AvgIpc) is 3.27. The van der Waals surface area contributed by atoms with Crippen molar-refractivity contribution in [3.63, 3.8) is 0 Å². The Kier molecular flexibility index (Phi) is 6.37. The summed E-state index contributed by atoms with van der Waals surface area (Å²) in [7, 11) is 0. The van der Waals surface area contributed by atoms with Crippen LogP contribution in [0.25, 0.3) is 11.0 Å². The van der Waals surface area contributed by atoms with Crippen LogP contribution in [0.1, 0.15) is 31.7 Å². The Labute approximate surface area is 181 Å². The largest absolute Gasteiger partial charge is 0.383 e. The Morgan fingerprint density at radius 2 is 2.14 bits per heavy atom. The van der Waals surface area contributed by atoms with Crippen LogP contribution < -0.4 is 11.1 Å². The molecular formula is C22H31BrN6. The molecule has 29 heavy (non-hydrogen) atoms. The predicted octanol–water partition coefficient (Wildman–Crippen LogP) is 3.77. The zero-order valence-corrected chi connectivity index (χ0v) is 18.6. The number of nitrogens with two attached hydrogens (primary N) is 1. The first-order chi connectivity index (χ1) is 14.0. The summed E-state index contributed by atoms with van der Waals surface area (Å²) in [5.74, 6) is 2.10. The van der Waals surface area contributed by atoms with Gasteiger partial charge in [0.05, 0.1) is 5.39 Å². The van der Waals surface area contributed by atoms with Crippen LogP contribution in [0.15, 0.2) is 41.8 Å². The van der Waals surface area contributed by atoms with Gasteiger partial charge in [0.15, 0.2) is 0 Å². The van der Waals surface area contributed by atoms with Crippen molar-refractivity contribution in [2.75, 3.05) is 38.5 Å². The van der Waals surface area contributed by atoms with Crippen LogP contribution >= 0.6 is 15.9 Å². The molecule has 2 unspecified atom stereocenters. The van der Waals surface area contributed by atoms with E-state index in [0.29, 0.717) is 11.9 Å². The van der Waals surface area contributed by atoms with Gasteiger partial charge in [-0.05, 0) is 60.0 Å². The molecule has 1 saturated carbocycles. The normalized spacial score (nSPS) is 22.8. The Morgan fingerprint density at radius 1 is 1.31 bits per heavy atom. The highest BCUT2D eigenvalue weighted by Crippen LogP contribution is 2.40. The van der Waals surface area contributed by atoms with Gasteiger partial charge in [-0.2, -0.15) is 0 Å².